The highest BCUT2D eigenvalue weighted by Crippen LogP contribution is 2.37. The Kier molecular flexibility index (Phi) is 8.26. The zero-order chi connectivity index (χ0) is 25.7. The molecular weight excluding hydrogens is 479 g/mol. The molecule has 1 aliphatic carbocycles. The number of nitrogens with two attached hydrogens (primary N) is 2. The highest BCUT2D eigenvalue weighted by Gasteiger charge is 2.35. The molecule has 0 heterocycles. The van der Waals surface area contributed by atoms with Gasteiger partial charge in [0.1, 0.15) is 5.82 Å². The lowest BCUT2D eigenvalue weighted by Crippen LogP contribution is -2.40. The zero-order valence-corrected chi connectivity index (χ0v) is 19.7. The number of fused-ring (bicyclic) bond motifs is 1. The number of anilines is 1. The average Bonchev–Trinajstić information content (AvgIpc) is 3.10. The van der Waals surface area contributed by atoms with E-state index >= 15 is 0 Å². The smallest absolute Gasteiger partial charge is 0.317 e. The first-order valence-corrected chi connectivity index (χ1v) is 11.1. The Balaban J connectivity index is 1.76. The molecule has 0 saturated carbocycles. The van der Waals surface area contributed by atoms with E-state index in [1.807, 2.05) is 18.2 Å². The fourth-order valence-corrected chi connectivity index (χ4v) is 4.16. The van der Waals surface area contributed by atoms with Gasteiger partial charge in [-0.2, -0.15) is 0 Å². The van der Waals surface area contributed by atoms with Gasteiger partial charge in [0, 0.05) is 24.7 Å². The number of carboxylic acid groups (broad SMARTS) is 1. The maximum atomic E-state index is 13.7. The number of amides is 2. The Labute approximate surface area is 206 Å². The Hall–Kier alpha value is -3.70. The Morgan fingerprint density at radius 3 is 2.60 bits per heavy atom. The number of carboxylic acids is 1. The van der Waals surface area contributed by atoms with Gasteiger partial charge in [-0.3, -0.25) is 24.3 Å². The lowest BCUT2D eigenvalue weighted by atomic mass is 10.0. The van der Waals surface area contributed by atoms with Gasteiger partial charge in [-0.1, -0.05) is 29.8 Å². The molecule has 3 rings (SSSR count). The van der Waals surface area contributed by atoms with Gasteiger partial charge in [-0.15, -0.1) is 0 Å². The molecule has 0 aromatic heterocycles. The van der Waals surface area contributed by atoms with Crippen LogP contribution in [0.1, 0.15) is 22.7 Å². The summed E-state index contributed by atoms with van der Waals surface area (Å²) >= 11 is 5.65. The predicted octanol–water partition coefficient (Wildman–Crippen LogP) is 1.24. The van der Waals surface area contributed by atoms with Gasteiger partial charge in [-0.05, 0) is 48.4 Å². The van der Waals surface area contributed by atoms with Gasteiger partial charge in [0.05, 0.1) is 17.6 Å². The molecule has 0 saturated heterocycles. The molecular formula is C23H26ClFN6O4. The molecule has 0 unspecified atom stereocenters. The van der Waals surface area contributed by atoms with Gasteiger partial charge >= 0.3 is 17.8 Å². The number of carbonyl (C=O) groups is 3. The van der Waals surface area contributed by atoms with Crippen LogP contribution in [-0.2, 0) is 27.3 Å². The molecule has 0 fully saturated rings. The number of nitrogens with zero attached hydrogens (tertiary/aromatic N) is 2. The first-order valence-electron chi connectivity index (χ1n) is 10.7. The van der Waals surface area contributed by atoms with Crippen molar-refractivity contribution in [3.63, 3.8) is 0 Å². The summed E-state index contributed by atoms with van der Waals surface area (Å²) in [5.74, 6) is -3.83. The van der Waals surface area contributed by atoms with Crippen molar-refractivity contribution in [1.29, 1.82) is 0 Å². The Morgan fingerprint density at radius 2 is 1.94 bits per heavy atom. The largest absolute Gasteiger partial charge is 0.480 e. The molecule has 1 aliphatic rings. The average molecular weight is 505 g/mol. The minimum atomic E-state index is -0.965. The topological polar surface area (TPSA) is 163 Å². The van der Waals surface area contributed by atoms with E-state index in [1.165, 1.54) is 12.1 Å². The van der Waals surface area contributed by atoms with Crippen LogP contribution < -0.4 is 22.1 Å². The van der Waals surface area contributed by atoms with Crippen LogP contribution in [0.2, 0.25) is 5.02 Å². The number of benzene rings is 2. The van der Waals surface area contributed by atoms with E-state index in [9.17, 15) is 18.8 Å². The summed E-state index contributed by atoms with van der Waals surface area (Å²) in [6.45, 7) is 0.547. The summed E-state index contributed by atoms with van der Waals surface area (Å²) in [6.07, 6.45) is 0.539. The molecule has 2 amide bonds. The monoisotopic (exact) mass is 504 g/mol. The molecule has 10 nitrogen and oxygen atoms in total. The second-order valence-electron chi connectivity index (χ2n) is 8.36. The number of halogens is 2. The van der Waals surface area contributed by atoms with Crippen molar-refractivity contribution in [3.8, 4) is 0 Å². The lowest BCUT2D eigenvalue weighted by Gasteiger charge is -2.21. The van der Waals surface area contributed by atoms with Gasteiger partial charge in [-0.25, -0.2) is 4.39 Å². The number of likely N-dealkylation sites (N-methyl/N-ethyl adjacent to an activating group) is 1. The molecule has 186 valence electrons. The number of rotatable bonds is 8. The van der Waals surface area contributed by atoms with Gasteiger partial charge in [0.25, 0.3) is 0 Å². The van der Waals surface area contributed by atoms with Crippen LogP contribution in [0.3, 0.4) is 0 Å². The lowest BCUT2D eigenvalue weighted by molar-refractivity contribution is -0.138. The van der Waals surface area contributed by atoms with Crippen molar-refractivity contribution in [2.24, 2.45) is 22.4 Å². The summed E-state index contributed by atoms with van der Waals surface area (Å²) in [5.41, 5.74) is 13.7. The number of guanidine groups is 1. The van der Waals surface area contributed by atoms with Gasteiger partial charge < -0.3 is 27.2 Å². The number of hydrogen-bond donors (Lipinski definition) is 5. The second kappa shape index (κ2) is 11.2. The number of nitrogens with one attached hydrogen (secondary N) is 2. The van der Waals surface area contributed by atoms with E-state index in [1.54, 1.807) is 11.9 Å². The first kappa shape index (κ1) is 25.9. The maximum Gasteiger partial charge on any atom is 0.317 e. The van der Waals surface area contributed by atoms with Crippen molar-refractivity contribution in [2.75, 3.05) is 25.5 Å². The third-order valence-electron chi connectivity index (χ3n) is 5.53. The molecule has 7 N–H and O–H groups in total. The van der Waals surface area contributed by atoms with Crippen LogP contribution in [0.25, 0.3) is 0 Å². The predicted molar refractivity (Wildman–Crippen MR) is 129 cm³/mol. The minimum Gasteiger partial charge on any atom is -0.480 e. The number of carbonyl (C=O) groups excluding carboxylic acids is 2. The summed E-state index contributed by atoms with van der Waals surface area (Å²) in [6, 6.07) is 8.75. The molecule has 2 aromatic rings. The van der Waals surface area contributed by atoms with E-state index < -0.39 is 29.6 Å². The van der Waals surface area contributed by atoms with Crippen LogP contribution >= 0.6 is 11.6 Å². The standard InChI is InChI=1S/C23H26ClFN6O4/c1-31(11-19(32)33)10-12-2-4-16-13(6-12)7-14(9-28-23(26)27)20(16)30-22(35)21(34)29-15-3-5-17(24)18(25)8-15/h2-6,8,14,20H,7,9-11H2,1H3,(H,29,34)(H,30,35)(H,32,33)(H4,26,27,28)/t14-,20-/m1/s1. The minimum absolute atomic E-state index is 0.0889. The highest BCUT2D eigenvalue weighted by atomic mass is 35.5. The van der Waals surface area contributed by atoms with Crippen LogP contribution in [0, 0.1) is 11.7 Å². The molecule has 35 heavy (non-hydrogen) atoms. The van der Waals surface area contributed by atoms with E-state index in [0.29, 0.717) is 13.0 Å². The molecule has 0 aliphatic heterocycles. The SMILES string of the molecule is CN(CC(=O)O)Cc1ccc2c(c1)C[C@H](CN=C(N)N)[C@H]2NC(=O)C(=O)Nc1ccc(Cl)c(F)c1. The molecule has 12 heteroatoms. The fraction of sp³-hybridized carbons (Fsp3) is 0.304. The van der Waals surface area contributed by atoms with Crippen LogP contribution in [0.5, 0.6) is 0 Å². The number of aliphatic carboxylic acids is 1. The van der Waals surface area contributed by atoms with E-state index in [-0.39, 0.29) is 35.7 Å². The van der Waals surface area contributed by atoms with Gasteiger partial charge in [0.2, 0.25) is 0 Å². The van der Waals surface area contributed by atoms with Crippen LogP contribution in [0.15, 0.2) is 41.4 Å². The van der Waals surface area contributed by atoms with E-state index in [0.717, 1.165) is 22.8 Å². The number of hydrogen-bond acceptors (Lipinski definition) is 5. The normalized spacial score (nSPS) is 16.5. The van der Waals surface area contributed by atoms with Crippen LogP contribution in [-0.4, -0.2) is 53.9 Å². The van der Waals surface area contributed by atoms with Crippen LogP contribution in [0.4, 0.5) is 10.1 Å². The fourth-order valence-electron chi connectivity index (χ4n) is 4.05. The summed E-state index contributed by atoms with van der Waals surface area (Å²) < 4.78 is 13.7. The Bertz CT molecular complexity index is 1170. The third-order valence-corrected chi connectivity index (χ3v) is 5.84. The third kappa shape index (κ3) is 6.90. The second-order valence-corrected chi connectivity index (χ2v) is 8.77. The van der Waals surface area contributed by atoms with Crippen molar-refractivity contribution in [3.05, 3.63) is 63.9 Å². The van der Waals surface area contributed by atoms with E-state index in [4.69, 9.17) is 28.2 Å². The molecule has 0 spiro atoms. The van der Waals surface area contributed by atoms with Crippen molar-refractivity contribution < 1.29 is 23.9 Å². The Morgan fingerprint density at radius 1 is 1.20 bits per heavy atom. The summed E-state index contributed by atoms with van der Waals surface area (Å²) in [5, 5.41) is 13.9. The quantitative estimate of drug-likeness (QED) is 0.205. The van der Waals surface area contributed by atoms with Crippen molar-refractivity contribution in [2.45, 2.75) is 19.0 Å². The highest BCUT2D eigenvalue weighted by molar-refractivity contribution is 6.39. The molecule has 0 bridgehead atoms. The molecule has 2 atom stereocenters. The van der Waals surface area contributed by atoms with Gasteiger partial charge in [0.15, 0.2) is 5.96 Å². The van der Waals surface area contributed by atoms with Crippen molar-refractivity contribution >= 4 is 41.0 Å². The zero-order valence-electron chi connectivity index (χ0n) is 18.9. The van der Waals surface area contributed by atoms with E-state index in [2.05, 4.69) is 15.6 Å². The maximum absolute atomic E-state index is 13.7. The summed E-state index contributed by atoms with van der Waals surface area (Å²) in [7, 11) is 1.71. The summed E-state index contributed by atoms with van der Waals surface area (Å²) in [4.78, 5) is 41.8. The van der Waals surface area contributed by atoms with Crippen molar-refractivity contribution in [1.82, 2.24) is 10.2 Å². The first-order chi connectivity index (χ1) is 16.5. The number of aliphatic imine (C=N–C) groups is 1. The molecule has 0 radical (unpaired) electrons. The molecule has 2 aromatic carbocycles.